The van der Waals surface area contributed by atoms with Gasteiger partial charge in [0.1, 0.15) is 0 Å². The maximum Gasteiger partial charge on any atom is 0.274 e. The molecule has 0 fully saturated rings. The molecule has 0 radical (unpaired) electrons. The lowest BCUT2D eigenvalue weighted by Gasteiger charge is -2.10. The van der Waals surface area contributed by atoms with Gasteiger partial charge in [-0.15, -0.1) is 0 Å². The lowest BCUT2D eigenvalue weighted by molar-refractivity contribution is -0.113. The third-order valence-electron chi connectivity index (χ3n) is 2.00. The van der Waals surface area contributed by atoms with E-state index >= 15 is 0 Å². The van der Waals surface area contributed by atoms with E-state index in [9.17, 15) is 9.35 Å². The van der Waals surface area contributed by atoms with E-state index in [2.05, 4.69) is 5.32 Å². The minimum absolute atomic E-state index is 0.0195. The summed E-state index contributed by atoms with van der Waals surface area (Å²) >= 11 is -1.15. The molecule has 0 aliphatic heterocycles. The van der Waals surface area contributed by atoms with E-state index in [0.717, 1.165) is 0 Å². The highest BCUT2D eigenvalue weighted by Crippen LogP contribution is 2.29. The highest BCUT2D eigenvalue weighted by molar-refractivity contribution is 7.91. The molecule has 94 valence electrons. The van der Waals surface area contributed by atoms with E-state index in [0.29, 0.717) is 17.2 Å². The molecule has 5 nitrogen and oxygen atoms in total. The Kier molecular flexibility index (Phi) is 5.11. The molecule has 0 saturated carbocycles. The fourth-order valence-corrected chi connectivity index (χ4v) is 1.74. The normalized spacial score (nSPS) is 11.8. The largest absolute Gasteiger partial charge is 0.616 e. The number of carbonyl (C=O) groups is 1. The minimum Gasteiger partial charge on any atom is -0.616 e. The molecular weight excluding hydrogens is 242 g/mol. The summed E-state index contributed by atoms with van der Waals surface area (Å²) in [6.07, 6.45) is 1.48. The Morgan fingerprint density at radius 3 is 2.53 bits per heavy atom. The minimum atomic E-state index is -1.15. The zero-order valence-corrected chi connectivity index (χ0v) is 10.8. The molecule has 0 aliphatic rings. The van der Waals surface area contributed by atoms with Gasteiger partial charge in [-0.05, 0) is 23.3 Å². The second-order valence-electron chi connectivity index (χ2n) is 3.34. The molecule has 1 aromatic carbocycles. The number of hydrogen-bond acceptors (Lipinski definition) is 4. The van der Waals surface area contributed by atoms with E-state index in [4.69, 9.17) is 9.47 Å². The van der Waals surface area contributed by atoms with Crippen LogP contribution in [-0.4, -0.2) is 36.7 Å². The van der Waals surface area contributed by atoms with Crippen molar-refractivity contribution >= 4 is 22.8 Å². The first-order valence-corrected chi connectivity index (χ1v) is 6.61. The fourth-order valence-electron chi connectivity index (χ4n) is 1.30. The molecule has 0 heterocycles. The van der Waals surface area contributed by atoms with Gasteiger partial charge in [-0.25, -0.2) is 0 Å². The topological polar surface area (TPSA) is 70.6 Å². The molecule has 0 saturated heterocycles. The Bertz CT molecular complexity index is 395. The van der Waals surface area contributed by atoms with Crippen molar-refractivity contribution in [2.24, 2.45) is 0 Å². The van der Waals surface area contributed by atoms with E-state index in [1.807, 2.05) is 0 Å². The van der Waals surface area contributed by atoms with Gasteiger partial charge in [0.05, 0.1) is 20.5 Å². The second kappa shape index (κ2) is 6.36. The molecule has 0 spiro atoms. The lowest BCUT2D eigenvalue weighted by Crippen LogP contribution is -2.21. The molecule has 17 heavy (non-hydrogen) atoms. The maximum absolute atomic E-state index is 11.4. The molecule has 1 atom stereocenters. The van der Waals surface area contributed by atoms with Crippen LogP contribution in [-0.2, 0) is 16.0 Å². The molecular formula is C11H15NO4S. The second-order valence-corrected chi connectivity index (χ2v) is 4.77. The van der Waals surface area contributed by atoms with Crippen LogP contribution >= 0.6 is 0 Å². The highest BCUT2D eigenvalue weighted by atomic mass is 32.2. The summed E-state index contributed by atoms with van der Waals surface area (Å²) in [5.41, 5.74) is 0.582. The number of methoxy groups -OCH3 is 2. The van der Waals surface area contributed by atoms with Crippen LogP contribution < -0.4 is 14.8 Å². The van der Waals surface area contributed by atoms with Crippen LogP contribution in [0.5, 0.6) is 11.5 Å². The first kappa shape index (κ1) is 13.7. The molecule has 1 N–H and O–H groups in total. The number of carbonyl (C=O) groups excluding carboxylic acids is 1. The summed E-state index contributed by atoms with van der Waals surface area (Å²) in [5, 5.41) is 2.63. The Hall–Kier alpha value is -1.40. The van der Waals surface area contributed by atoms with Gasteiger partial charge >= 0.3 is 0 Å². The average molecular weight is 257 g/mol. The van der Waals surface area contributed by atoms with Crippen LogP contribution in [0.1, 0.15) is 0 Å². The highest BCUT2D eigenvalue weighted by Gasteiger charge is 2.10. The molecule has 1 amide bonds. The monoisotopic (exact) mass is 257 g/mol. The molecule has 1 rings (SSSR count). The van der Waals surface area contributed by atoms with Crippen LogP contribution in [0.25, 0.3) is 0 Å². The standard InChI is InChI=1S/C11H15NO4S/c1-15-9-5-4-8(6-10(9)16-2)12-11(13)7-17(3)14/h4-6H,7H2,1-3H3,(H,12,13). The van der Waals surface area contributed by atoms with E-state index in [1.165, 1.54) is 20.5 Å². The van der Waals surface area contributed by atoms with Crippen molar-refractivity contribution in [3.05, 3.63) is 18.2 Å². The third kappa shape index (κ3) is 4.16. The summed E-state index contributed by atoms with van der Waals surface area (Å²) in [5.74, 6) is 0.805. The zero-order chi connectivity index (χ0) is 12.8. The van der Waals surface area contributed by atoms with Crippen LogP contribution in [0.4, 0.5) is 5.69 Å². The van der Waals surface area contributed by atoms with Gasteiger partial charge in [0.2, 0.25) is 0 Å². The van der Waals surface area contributed by atoms with Gasteiger partial charge in [0, 0.05) is 11.8 Å². The van der Waals surface area contributed by atoms with Gasteiger partial charge in [-0.3, -0.25) is 4.79 Å². The number of anilines is 1. The van der Waals surface area contributed by atoms with Crippen molar-refractivity contribution in [3.63, 3.8) is 0 Å². The number of ether oxygens (including phenoxy) is 2. The smallest absolute Gasteiger partial charge is 0.274 e. The fraction of sp³-hybridized carbons (Fsp3) is 0.364. The summed E-state index contributed by atoms with van der Waals surface area (Å²) < 4.78 is 21.1. The average Bonchev–Trinajstić information content (AvgIpc) is 2.27. The molecule has 0 bridgehead atoms. The van der Waals surface area contributed by atoms with Crippen molar-refractivity contribution in [2.75, 3.05) is 31.5 Å². The van der Waals surface area contributed by atoms with Crippen molar-refractivity contribution < 1.29 is 18.8 Å². The predicted molar refractivity (Wildman–Crippen MR) is 67.1 cm³/mol. The summed E-state index contributed by atoms with van der Waals surface area (Å²) in [4.78, 5) is 11.4. The Labute approximate surface area is 103 Å². The van der Waals surface area contributed by atoms with E-state index in [-0.39, 0.29) is 11.7 Å². The summed E-state index contributed by atoms with van der Waals surface area (Å²) in [7, 11) is 3.06. The quantitative estimate of drug-likeness (QED) is 0.799. The van der Waals surface area contributed by atoms with Gasteiger partial charge < -0.3 is 19.3 Å². The predicted octanol–water partition coefficient (Wildman–Crippen LogP) is 1.02. The number of nitrogens with one attached hydrogen (secondary N) is 1. The van der Waals surface area contributed by atoms with Crippen LogP contribution in [0.3, 0.4) is 0 Å². The number of rotatable bonds is 5. The van der Waals surface area contributed by atoms with Gasteiger partial charge in [-0.1, -0.05) is 0 Å². The lowest BCUT2D eigenvalue weighted by atomic mass is 10.2. The van der Waals surface area contributed by atoms with Crippen molar-refractivity contribution in [3.8, 4) is 11.5 Å². The van der Waals surface area contributed by atoms with Gasteiger partial charge in [0.25, 0.3) is 5.91 Å². The Morgan fingerprint density at radius 2 is 2.00 bits per heavy atom. The van der Waals surface area contributed by atoms with Crippen molar-refractivity contribution in [1.29, 1.82) is 0 Å². The first-order valence-electron chi connectivity index (χ1n) is 4.88. The zero-order valence-electron chi connectivity index (χ0n) is 9.98. The first-order chi connectivity index (χ1) is 8.06. The Balaban J connectivity index is 2.75. The molecule has 1 aromatic rings. The van der Waals surface area contributed by atoms with Gasteiger partial charge in [0.15, 0.2) is 17.3 Å². The van der Waals surface area contributed by atoms with Crippen molar-refractivity contribution in [2.45, 2.75) is 0 Å². The van der Waals surface area contributed by atoms with Crippen molar-refractivity contribution in [1.82, 2.24) is 0 Å². The van der Waals surface area contributed by atoms with Crippen LogP contribution in [0, 0.1) is 0 Å². The maximum atomic E-state index is 11.4. The number of hydrogen-bond donors (Lipinski definition) is 1. The van der Waals surface area contributed by atoms with E-state index in [1.54, 1.807) is 18.2 Å². The van der Waals surface area contributed by atoms with Crippen LogP contribution in [0.15, 0.2) is 18.2 Å². The summed E-state index contributed by atoms with van der Waals surface area (Å²) in [6.45, 7) is 0. The third-order valence-corrected chi connectivity index (χ3v) is 2.67. The number of benzene rings is 1. The van der Waals surface area contributed by atoms with E-state index < -0.39 is 11.2 Å². The van der Waals surface area contributed by atoms with Crippen LogP contribution in [0.2, 0.25) is 0 Å². The molecule has 6 heteroatoms. The molecule has 0 aliphatic carbocycles. The SMILES string of the molecule is COc1ccc(NC(=O)C[S+](C)[O-])cc1OC. The number of amides is 1. The summed E-state index contributed by atoms with van der Waals surface area (Å²) in [6, 6.07) is 5.03. The van der Waals surface area contributed by atoms with Gasteiger partial charge in [-0.2, -0.15) is 0 Å². The Morgan fingerprint density at radius 1 is 1.35 bits per heavy atom. The molecule has 1 unspecified atom stereocenters. The molecule has 0 aromatic heterocycles.